The van der Waals surface area contributed by atoms with Gasteiger partial charge in [0.05, 0.1) is 37.2 Å². The molecule has 2 heterocycles. The monoisotopic (exact) mass is 510 g/mol. The number of esters is 1. The van der Waals surface area contributed by atoms with E-state index in [0.29, 0.717) is 30.1 Å². The minimum absolute atomic E-state index is 0.178. The van der Waals surface area contributed by atoms with Crippen LogP contribution in [0.4, 0.5) is 17.1 Å². The van der Waals surface area contributed by atoms with Gasteiger partial charge in [-0.1, -0.05) is 36.4 Å². The zero-order chi connectivity index (χ0) is 26.8. The molecule has 3 aromatic carbocycles. The quantitative estimate of drug-likeness (QED) is 0.366. The van der Waals surface area contributed by atoms with E-state index in [2.05, 4.69) is 10.2 Å². The van der Waals surface area contributed by atoms with E-state index in [0.717, 1.165) is 41.0 Å². The SMILES string of the molecule is COC(=O)c1ccc2c(c1)NC(=O)C2C(=Nc1ccc2c(c1)CCN2CC(=O)CN(C)C)c1ccccc1. The zero-order valence-corrected chi connectivity index (χ0v) is 21.7. The van der Waals surface area contributed by atoms with Crippen molar-refractivity contribution in [2.75, 3.05) is 51.1 Å². The van der Waals surface area contributed by atoms with Gasteiger partial charge in [-0.3, -0.25) is 14.6 Å². The van der Waals surface area contributed by atoms with Gasteiger partial charge in [-0.2, -0.15) is 0 Å². The Kier molecular flexibility index (Phi) is 7.07. The summed E-state index contributed by atoms with van der Waals surface area (Å²) >= 11 is 0. The first kappa shape index (κ1) is 25.4. The van der Waals surface area contributed by atoms with Gasteiger partial charge in [0.2, 0.25) is 5.91 Å². The van der Waals surface area contributed by atoms with Crippen LogP contribution < -0.4 is 10.2 Å². The predicted molar refractivity (Wildman–Crippen MR) is 148 cm³/mol. The molecule has 1 amide bonds. The van der Waals surface area contributed by atoms with Crippen LogP contribution in [0.15, 0.2) is 71.7 Å². The number of amides is 1. The van der Waals surface area contributed by atoms with Gasteiger partial charge in [0.25, 0.3) is 0 Å². The van der Waals surface area contributed by atoms with Crippen molar-refractivity contribution in [1.82, 2.24) is 4.90 Å². The maximum atomic E-state index is 13.2. The first-order valence-electron chi connectivity index (χ1n) is 12.6. The van der Waals surface area contributed by atoms with Gasteiger partial charge in [0.1, 0.15) is 5.92 Å². The van der Waals surface area contributed by atoms with E-state index in [-0.39, 0.29) is 11.7 Å². The van der Waals surface area contributed by atoms with Crippen LogP contribution in [0.5, 0.6) is 0 Å². The summed E-state index contributed by atoms with van der Waals surface area (Å²) in [5.74, 6) is -1.11. The number of anilines is 2. The minimum Gasteiger partial charge on any atom is -0.465 e. The lowest BCUT2D eigenvalue weighted by molar-refractivity contribution is -0.118. The zero-order valence-electron chi connectivity index (χ0n) is 21.7. The topological polar surface area (TPSA) is 91.3 Å². The Balaban J connectivity index is 1.50. The van der Waals surface area contributed by atoms with Crippen LogP contribution >= 0.6 is 0 Å². The number of hydrogen-bond donors (Lipinski definition) is 1. The normalized spacial score (nSPS) is 16.3. The number of fused-ring (bicyclic) bond motifs is 2. The van der Waals surface area contributed by atoms with Crippen LogP contribution in [0.3, 0.4) is 0 Å². The van der Waals surface area contributed by atoms with Crippen LogP contribution in [0.25, 0.3) is 0 Å². The molecule has 0 spiro atoms. The number of Topliss-reactive ketones (excluding diaryl/α,β-unsaturated/α-hetero) is 1. The maximum Gasteiger partial charge on any atom is 0.337 e. The number of ether oxygens (including phenoxy) is 1. The van der Waals surface area contributed by atoms with Crippen molar-refractivity contribution in [3.63, 3.8) is 0 Å². The average Bonchev–Trinajstić information content (AvgIpc) is 3.45. The van der Waals surface area contributed by atoms with Crippen molar-refractivity contribution < 1.29 is 19.1 Å². The molecular weight excluding hydrogens is 480 g/mol. The molecule has 2 aliphatic heterocycles. The molecule has 1 N–H and O–H groups in total. The molecule has 2 aliphatic rings. The fourth-order valence-corrected chi connectivity index (χ4v) is 5.13. The maximum absolute atomic E-state index is 13.2. The van der Waals surface area contributed by atoms with Crippen molar-refractivity contribution in [3.05, 3.63) is 89.0 Å². The molecule has 0 radical (unpaired) electrons. The number of carbonyl (C=O) groups excluding carboxylic acids is 3. The highest BCUT2D eigenvalue weighted by atomic mass is 16.5. The van der Waals surface area contributed by atoms with Crippen LogP contribution in [0.2, 0.25) is 0 Å². The summed E-state index contributed by atoms with van der Waals surface area (Å²) in [6, 6.07) is 20.7. The van der Waals surface area contributed by atoms with E-state index < -0.39 is 11.9 Å². The summed E-state index contributed by atoms with van der Waals surface area (Å²) in [6.07, 6.45) is 0.831. The molecule has 38 heavy (non-hydrogen) atoms. The van der Waals surface area contributed by atoms with Crippen LogP contribution in [-0.2, 0) is 20.7 Å². The van der Waals surface area contributed by atoms with E-state index in [9.17, 15) is 14.4 Å². The van der Waals surface area contributed by atoms with Gasteiger partial charge >= 0.3 is 5.97 Å². The molecule has 0 aromatic heterocycles. The number of nitrogens with zero attached hydrogens (tertiary/aromatic N) is 3. The lowest BCUT2D eigenvalue weighted by Crippen LogP contribution is -2.33. The van der Waals surface area contributed by atoms with Gasteiger partial charge in [-0.25, -0.2) is 4.79 Å². The Hall–Kier alpha value is -4.30. The van der Waals surface area contributed by atoms with E-state index in [1.54, 1.807) is 18.2 Å². The molecule has 0 fully saturated rings. The fraction of sp³-hybridized carbons (Fsp3) is 0.267. The molecule has 5 rings (SSSR count). The Bertz CT molecular complexity index is 1430. The second kappa shape index (κ2) is 10.6. The third-order valence-electron chi connectivity index (χ3n) is 6.81. The number of carbonyl (C=O) groups is 3. The van der Waals surface area contributed by atoms with Gasteiger partial charge in [0.15, 0.2) is 5.78 Å². The van der Waals surface area contributed by atoms with Crippen molar-refractivity contribution in [2.45, 2.75) is 12.3 Å². The highest BCUT2D eigenvalue weighted by molar-refractivity contribution is 6.24. The largest absolute Gasteiger partial charge is 0.465 e. The summed E-state index contributed by atoms with van der Waals surface area (Å²) in [5.41, 5.74) is 6.12. The summed E-state index contributed by atoms with van der Waals surface area (Å²) in [6.45, 7) is 1.59. The number of benzene rings is 3. The molecule has 1 unspecified atom stereocenters. The average molecular weight is 511 g/mol. The first-order valence-corrected chi connectivity index (χ1v) is 12.6. The third-order valence-corrected chi connectivity index (χ3v) is 6.81. The van der Waals surface area contributed by atoms with E-state index in [4.69, 9.17) is 9.73 Å². The number of hydrogen-bond acceptors (Lipinski definition) is 7. The minimum atomic E-state index is -0.632. The molecule has 194 valence electrons. The Labute approximate surface area is 221 Å². The highest BCUT2D eigenvalue weighted by Crippen LogP contribution is 2.38. The third kappa shape index (κ3) is 5.08. The molecule has 0 saturated carbocycles. The van der Waals surface area contributed by atoms with Crippen molar-refractivity contribution >= 4 is 40.4 Å². The summed E-state index contributed by atoms with van der Waals surface area (Å²) in [4.78, 5) is 46.6. The number of nitrogens with one attached hydrogen (secondary N) is 1. The molecule has 8 heteroatoms. The van der Waals surface area contributed by atoms with E-state index in [1.165, 1.54) is 7.11 Å². The Morgan fingerprint density at radius 1 is 1.05 bits per heavy atom. The summed E-state index contributed by atoms with van der Waals surface area (Å²) in [5, 5.41) is 2.91. The summed E-state index contributed by atoms with van der Waals surface area (Å²) < 4.78 is 4.83. The predicted octanol–water partition coefficient (Wildman–Crippen LogP) is 3.82. The fourth-order valence-electron chi connectivity index (χ4n) is 5.13. The van der Waals surface area contributed by atoms with Crippen LogP contribution in [0, 0.1) is 0 Å². The first-order chi connectivity index (χ1) is 18.3. The van der Waals surface area contributed by atoms with E-state index in [1.807, 2.05) is 67.5 Å². The second-order valence-electron chi connectivity index (χ2n) is 9.84. The number of methoxy groups -OCH3 is 1. The van der Waals surface area contributed by atoms with Gasteiger partial charge in [-0.05, 0) is 67.5 Å². The smallest absolute Gasteiger partial charge is 0.337 e. The van der Waals surface area contributed by atoms with Crippen molar-refractivity contribution in [2.24, 2.45) is 4.99 Å². The number of rotatable bonds is 8. The van der Waals surface area contributed by atoms with Crippen molar-refractivity contribution in [1.29, 1.82) is 0 Å². The molecule has 1 atom stereocenters. The molecule has 8 nitrogen and oxygen atoms in total. The Morgan fingerprint density at radius 3 is 2.58 bits per heavy atom. The van der Waals surface area contributed by atoms with Gasteiger partial charge in [-0.15, -0.1) is 0 Å². The number of aliphatic imine (C=N–C) groups is 1. The standard InChI is InChI=1S/C30H30N4O4/c1-33(2)17-23(35)18-34-14-13-20-15-22(10-12-26(20)34)31-28(19-7-5-4-6-8-19)27-24-11-9-21(30(37)38-3)16-25(24)32-29(27)36/h4-12,15-16,27H,13-14,17-18H2,1-3H3,(H,32,36). The number of likely N-dealkylation sites (N-methyl/N-ethyl adjacent to an activating group) is 1. The molecule has 0 aliphatic carbocycles. The second-order valence-corrected chi connectivity index (χ2v) is 9.84. The van der Waals surface area contributed by atoms with Gasteiger partial charge < -0.3 is 19.9 Å². The molecule has 3 aromatic rings. The molecular formula is C30H30N4O4. The van der Waals surface area contributed by atoms with Crippen LogP contribution in [-0.4, -0.2) is 69.1 Å². The lowest BCUT2D eigenvalue weighted by Gasteiger charge is -2.20. The number of ketones is 1. The molecule has 0 bridgehead atoms. The van der Waals surface area contributed by atoms with Gasteiger partial charge in [0, 0.05) is 17.9 Å². The molecule has 0 saturated heterocycles. The summed E-state index contributed by atoms with van der Waals surface area (Å²) in [7, 11) is 5.12. The van der Waals surface area contributed by atoms with E-state index >= 15 is 0 Å². The van der Waals surface area contributed by atoms with Crippen molar-refractivity contribution in [3.8, 4) is 0 Å². The lowest BCUT2D eigenvalue weighted by atomic mass is 9.90. The van der Waals surface area contributed by atoms with Crippen LogP contribution in [0.1, 0.15) is 33.0 Å². The highest BCUT2D eigenvalue weighted by Gasteiger charge is 2.36. The Morgan fingerprint density at radius 2 is 1.84 bits per heavy atom.